The summed E-state index contributed by atoms with van der Waals surface area (Å²) in [6, 6.07) is 5.62. The van der Waals surface area contributed by atoms with Gasteiger partial charge in [0.05, 0.1) is 4.92 Å². The molecule has 0 spiro atoms. The predicted molar refractivity (Wildman–Crippen MR) is 78.4 cm³/mol. The van der Waals surface area contributed by atoms with Gasteiger partial charge in [0.1, 0.15) is 6.20 Å². The van der Waals surface area contributed by atoms with Gasteiger partial charge in [-0.15, -0.1) is 0 Å². The van der Waals surface area contributed by atoms with E-state index in [4.69, 9.17) is 0 Å². The highest BCUT2D eigenvalue weighted by Gasteiger charge is 2.25. The Morgan fingerprint density at radius 2 is 2.14 bits per heavy atom. The first-order valence-corrected chi connectivity index (χ1v) is 6.52. The number of hydrogen-bond acceptors (Lipinski definition) is 4. The number of nitrogens with one attached hydrogen (secondary N) is 1. The van der Waals surface area contributed by atoms with E-state index in [1.807, 2.05) is 32.0 Å². The van der Waals surface area contributed by atoms with E-state index >= 15 is 0 Å². The Morgan fingerprint density at radius 3 is 2.76 bits per heavy atom. The number of carbonyl (C=O) groups excluding carboxylic acids is 1. The molecule has 2 rings (SSSR count). The smallest absolute Gasteiger partial charge is 0.320 e. The molecule has 0 aliphatic heterocycles. The molecule has 21 heavy (non-hydrogen) atoms. The molecular formula is C14H16N4O3. The minimum atomic E-state index is -0.600. The van der Waals surface area contributed by atoms with E-state index in [0.29, 0.717) is 12.2 Å². The van der Waals surface area contributed by atoms with Crippen LogP contribution in [0.15, 0.2) is 24.4 Å². The summed E-state index contributed by atoms with van der Waals surface area (Å²) in [6.45, 7) is 6.01. The van der Waals surface area contributed by atoms with Crippen LogP contribution in [0.3, 0.4) is 0 Å². The maximum Gasteiger partial charge on any atom is 0.320 e. The molecule has 0 saturated carbocycles. The molecule has 1 amide bonds. The van der Waals surface area contributed by atoms with Crippen molar-refractivity contribution in [1.29, 1.82) is 0 Å². The summed E-state index contributed by atoms with van der Waals surface area (Å²) in [6.07, 6.45) is 1.26. The highest BCUT2D eigenvalue weighted by molar-refractivity contribution is 6.05. The van der Waals surface area contributed by atoms with Gasteiger partial charge in [0.15, 0.2) is 0 Å². The monoisotopic (exact) mass is 288 g/mol. The summed E-state index contributed by atoms with van der Waals surface area (Å²) < 4.78 is 1.37. The topological polar surface area (TPSA) is 90.1 Å². The second-order valence-electron chi connectivity index (χ2n) is 4.75. The number of rotatable bonds is 4. The van der Waals surface area contributed by atoms with E-state index in [2.05, 4.69) is 10.4 Å². The molecule has 1 aromatic carbocycles. The van der Waals surface area contributed by atoms with Crippen molar-refractivity contribution < 1.29 is 9.72 Å². The first-order valence-electron chi connectivity index (χ1n) is 6.52. The molecule has 0 aliphatic rings. The molecule has 0 aliphatic carbocycles. The van der Waals surface area contributed by atoms with Crippen LogP contribution >= 0.6 is 0 Å². The molecule has 0 unspecified atom stereocenters. The molecule has 7 heteroatoms. The van der Waals surface area contributed by atoms with Crippen molar-refractivity contribution in [2.24, 2.45) is 0 Å². The lowest BCUT2D eigenvalue weighted by Crippen LogP contribution is -2.15. The Labute approximate surface area is 121 Å². The maximum absolute atomic E-state index is 12.2. The van der Waals surface area contributed by atoms with E-state index in [9.17, 15) is 14.9 Å². The van der Waals surface area contributed by atoms with Crippen LogP contribution in [0, 0.1) is 24.0 Å². The van der Waals surface area contributed by atoms with Crippen molar-refractivity contribution in [2.45, 2.75) is 27.3 Å². The molecule has 1 N–H and O–H groups in total. The Bertz CT molecular complexity index is 706. The first kappa shape index (κ1) is 14.7. The zero-order valence-electron chi connectivity index (χ0n) is 12.1. The summed E-state index contributed by atoms with van der Waals surface area (Å²) in [5, 5.41) is 17.6. The van der Waals surface area contributed by atoms with Crippen LogP contribution in [-0.4, -0.2) is 20.6 Å². The van der Waals surface area contributed by atoms with Gasteiger partial charge >= 0.3 is 5.69 Å². The fourth-order valence-corrected chi connectivity index (χ4v) is 1.92. The van der Waals surface area contributed by atoms with Gasteiger partial charge in [-0.3, -0.25) is 19.6 Å². The average molecular weight is 288 g/mol. The Kier molecular flexibility index (Phi) is 4.02. The van der Waals surface area contributed by atoms with Gasteiger partial charge in [-0.25, -0.2) is 0 Å². The van der Waals surface area contributed by atoms with Gasteiger partial charge in [-0.2, -0.15) is 5.10 Å². The zero-order valence-corrected chi connectivity index (χ0v) is 12.1. The van der Waals surface area contributed by atoms with E-state index in [-0.39, 0.29) is 11.4 Å². The second-order valence-corrected chi connectivity index (χ2v) is 4.75. The van der Waals surface area contributed by atoms with Crippen molar-refractivity contribution in [2.75, 3.05) is 5.32 Å². The average Bonchev–Trinajstić information content (AvgIpc) is 2.87. The summed E-state index contributed by atoms with van der Waals surface area (Å²) in [5.41, 5.74) is 2.03. The molecule has 0 saturated heterocycles. The number of nitro groups is 1. The highest BCUT2D eigenvalue weighted by Crippen LogP contribution is 2.21. The van der Waals surface area contributed by atoms with Gasteiger partial charge in [0, 0.05) is 12.2 Å². The largest absolute Gasteiger partial charge is 0.320 e. The zero-order chi connectivity index (χ0) is 15.6. The van der Waals surface area contributed by atoms with E-state index in [0.717, 1.165) is 11.1 Å². The number of benzene rings is 1. The van der Waals surface area contributed by atoms with Crippen molar-refractivity contribution >= 4 is 17.3 Å². The number of nitrogens with zero attached hydrogens (tertiary/aromatic N) is 3. The van der Waals surface area contributed by atoms with Gasteiger partial charge in [0.2, 0.25) is 5.69 Å². The maximum atomic E-state index is 12.2. The summed E-state index contributed by atoms with van der Waals surface area (Å²) in [7, 11) is 0. The molecule has 110 valence electrons. The van der Waals surface area contributed by atoms with Crippen LogP contribution in [0.2, 0.25) is 0 Å². The van der Waals surface area contributed by atoms with Gasteiger partial charge in [0.25, 0.3) is 5.91 Å². The second kappa shape index (κ2) is 5.74. The van der Waals surface area contributed by atoms with Crippen molar-refractivity contribution in [1.82, 2.24) is 9.78 Å². The van der Waals surface area contributed by atoms with Gasteiger partial charge in [-0.1, -0.05) is 12.1 Å². The SMILES string of the molecule is CCn1cc([N+](=O)[O-])c(C(=O)Nc2cc(C)ccc2C)n1. The van der Waals surface area contributed by atoms with Crippen LogP contribution in [0.1, 0.15) is 28.5 Å². The van der Waals surface area contributed by atoms with Crippen LogP contribution in [-0.2, 0) is 6.54 Å². The predicted octanol–water partition coefficient (Wildman–Crippen LogP) is 2.68. The molecule has 7 nitrogen and oxygen atoms in total. The summed E-state index contributed by atoms with van der Waals surface area (Å²) >= 11 is 0. The van der Waals surface area contributed by atoms with Gasteiger partial charge < -0.3 is 5.32 Å². The van der Waals surface area contributed by atoms with Crippen LogP contribution in [0.25, 0.3) is 0 Å². The minimum Gasteiger partial charge on any atom is -0.320 e. The minimum absolute atomic E-state index is 0.178. The van der Waals surface area contributed by atoms with Gasteiger partial charge in [-0.05, 0) is 38.0 Å². The Hall–Kier alpha value is -2.70. The third-order valence-electron chi connectivity index (χ3n) is 3.12. The summed E-state index contributed by atoms with van der Waals surface area (Å²) in [4.78, 5) is 22.6. The van der Waals surface area contributed by atoms with Crippen molar-refractivity contribution in [3.8, 4) is 0 Å². The fourth-order valence-electron chi connectivity index (χ4n) is 1.92. The van der Waals surface area contributed by atoms with Crippen LogP contribution in [0.5, 0.6) is 0 Å². The number of aryl methyl sites for hydroxylation is 3. The molecule has 1 heterocycles. The fraction of sp³-hybridized carbons (Fsp3) is 0.286. The number of anilines is 1. The first-order chi connectivity index (χ1) is 9.92. The number of hydrogen-bond donors (Lipinski definition) is 1. The molecule has 0 atom stereocenters. The lowest BCUT2D eigenvalue weighted by atomic mass is 10.1. The lowest BCUT2D eigenvalue weighted by Gasteiger charge is -2.07. The van der Waals surface area contributed by atoms with Crippen LogP contribution in [0.4, 0.5) is 11.4 Å². The van der Waals surface area contributed by atoms with Crippen LogP contribution < -0.4 is 5.32 Å². The van der Waals surface area contributed by atoms with E-state index < -0.39 is 10.8 Å². The summed E-state index contributed by atoms with van der Waals surface area (Å²) in [5.74, 6) is -0.581. The van der Waals surface area contributed by atoms with Crippen molar-refractivity contribution in [3.05, 3.63) is 51.3 Å². The molecule has 1 aromatic heterocycles. The lowest BCUT2D eigenvalue weighted by molar-refractivity contribution is -0.385. The van der Waals surface area contributed by atoms with E-state index in [1.165, 1.54) is 10.9 Å². The number of aromatic nitrogens is 2. The molecule has 2 aromatic rings. The molecular weight excluding hydrogens is 272 g/mol. The molecule has 0 fully saturated rings. The highest BCUT2D eigenvalue weighted by atomic mass is 16.6. The number of carbonyl (C=O) groups is 1. The Morgan fingerprint density at radius 1 is 1.43 bits per heavy atom. The third kappa shape index (κ3) is 3.07. The number of amides is 1. The Balaban J connectivity index is 2.34. The quantitative estimate of drug-likeness (QED) is 0.691. The third-order valence-corrected chi connectivity index (χ3v) is 3.12. The molecule has 0 bridgehead atoms. The van der Waals surface area contributed by atoms with E-state index in [1.54, 1.807) is 6.92 Å². The van der Waals surface area contributed by atoms with Crippen molar-refractivity contribution in [3.63, 3.8) is 0 Å². The standard InChI is InChI=1S/C14H16N4O3/c1-4-17-8-12(18(20)21)13(16-17)14(19)15-11-7-9(2)5-6-10(11)3/h5-8H,4H2,1-3H3,(H,15,19). The normalized spacial score (nSPS) is 10.4. The molecule has 0 radical (unpaired) electrons.